The fraction of sp³-hybridized carbons (Fsp3) is 0.353. The quantitative estimate of drug-likeness (QED) is 0.355. The molecule has 1 aromatic carbocycles. The van der Waals surface area contributed by atoms with Crippen LogP contribution in [0.4, 0.5) is 18.9 Å². The number of benzene rings is 1. The molecule has 1 aromatic heterocycles. The Bertz CT molecular complexity index is 907. The molecule has 0 radical (unpaired) electrons. The maximum absolute atomic E-state index is 12.6. The van der Waals surface area contributed by atoms with Gasteiger partial charge in [0.15, 0.2) is 0 Å². The van der Waals surface area contributed by atoms with Crippen molar-refractivity contribution in [3.05, 3.63) is 40.2 Å². The predicted octanol–water partition coefficient (Wildman–Crippen LogP) is 1.25. The Kier molecular flexibility index (Phi) is 8.60. The molecule has 9 nitrogen and oxygen atoms in total. The van der Waals surface area contributed by atoms with Gasteiger partial charge in [0.25, 0.3) is 0 Å². The molecule has 0 saturated carbocycles. The molecule has 12 heteroatoms. The molecule has 160 valence electrons. The Morgan fingerprint density at radius 2 is 1.86 bits per heavy atom. The minimum absolute atomic E-state index is 0.167. The lowest BCUT2D eigenvalue weighted by molar-refractivity contribution is -0.139. The molecule has 0 amide bonds. The number of carboxylic acid groups (broad SMARTS) is 2. The number of nitrogens with two attached hydrogens (primary N) is 2. The number of hydrogen-bond donors (Lipinski definition) is 5. The van der Waals surface area contributed by atoms with Gasteiger partial charge in [-0.2, -0.15) is 13.2 Å². The van der Waals surface area contributed by atoms with E-state index in [0.717, 1.165) is 19.4 Å². The first-order valence-electron chi connectivity index (χ1n) is 8.24. The summed E-state index contributed by atoms with van der Waals surface area (Å²) in [6.45, 7) is 0.580. The number of hydrogen-bond acceptors (Lipinski definition) is 7. The molecule has 1 saturated heterocycles. The molecule has 7 N–H and O–H groups in total. The highest BCUT2D eigenvalue weighted by atomic mass is 19.4. The third-order valence-corrected chi connectivity index (χ3v) is 3.61. The number of nitrogens with one attached hydrogen (secondary N) is 1. The van der Waals surface area contributed by atoms with Crippen molar-refractivity contribution in [3.8, 4) is 0 Å². The number of aliphatic carboxylic acids is 2. The minimum Gasteiger partial charge on any atom is -0.480 e. The minimum atomic E-state index is -4.59. The van der Waals surface area contributed by atoms with Gasteiger partial charge in [-0.05, 0) is 31.5 Å². The van der Waals surface area contributed by atoms with Crippen LogP contribution >= 0.6 is 0 Å². The molecule has 29 heavy (non-hydrogen) atoms. The van der Waals surface area contributed by atoms with Crippen LogP contribution in [-0.4, -0.2) is 41.3 Å². The third-order valence-electron chi connectivity index (χ3n) is 3.61. The van der Waals surface area contributed by atoms with Crippen molar-refractivity contribution in [2.75, 3.05) is 18.8 Å². The second kappa shape index (κ2) is 10.4. The summed E-state index contributed by atoms with van der Waals surface area (Å²) in [6.07, 6.45) is -2.81. The Hall–Kier alpha value is -3.12. The number of anilines is 1. The molecule has 0 spiro atoms. The highest BCUT2D eigenvalue weighted by Gasteiger charge is 2.33. The third kappa shape index (κ3) is 7.79. The van der Waals surface area contributed by atoms with Gasteiger partial charge in [-0.15, -0.1) is 0 Å². The van der Waals surface area contributed by atoms with Crippen LogP contribution < -0.4 is 22.4 Å². The smallest absolute Gasteiger partial charge is 0.417 e. The first kappa shape index (κ1) is 23.9. The first-order chi connectivity index (χ1) is 13.5. The van der Waals surface area contributed by atoms with E-state index >= 15 is 0 Å². The first-order valence-corrected chi connectivity index (χ1v) is 8.24. The van der Waals surface area contributed by atoms with Gasteiger partial charge < -0.3 is 31.4 Å². The molecule has 2 aromatic rings. The average molecular weight is 419 g/mol. The van der Waals surface area contributed by atoms with Crippen molar-refractivity contribution >= 4 is 28.6 Å². The predicted molar refractivity (Wildman–Crippen MR) is 97.2 cm³/mol. The van der Waals surface area contributed by atoms with Gasteiger partial charge in [-0.25, -0.2) is 4.79 Å². The van der Waals surface area contributed by atoms with E-state index in [0.29, 0.717) is 6.07 Å². The largest absolute Gasteiger partial charge is 0.480 e. The van der Waals surface area contributed by atoms with Crippen LogP contribution in [0.5, 0.6) is 0 Å². The Morgan fingerprint density at radius 1 is 1.24 bits per heavy atom. The zero-order valence-electron chi connectivity index (χ0n) is 15.0. The molecule has 0 bridgehead atoms. The van der Waals surface area contributed by atoms with Gasteiger partial charge in [0, 0.05) is 23.2 Å². The van der Waals surface area contributed by atoms with Crippen molar-refractivity contribution in [2.24, 2.45) is 5.73 Å². The molecule has 2 heterocycles. The topological polar surface area (TPSA) is 169 Å². The summed E-state index contributed by atoms with van der Waals surface area (Å²) >= 11 is 0. The fourth-order valence-electron chi connectivity index (χ4n) is 2.31. The van der Waals surface area contributed by atoms with Crippen LogP contribution in [0.1, 0.15) is 18.4 Å². The number of fused-ring (bicyclic) bond motifs is 1. The normalized spacial score (nSPS) is 15.7. The number of carbonyl (C=O) groups is 2. The van der Waals surface area contributed by atoms with Crippen LogP contribution in [0.15, 0.2) is 33.5 Å². The van der Waals surface area contributed by atoms with Gasteiger partial charge in [-0.3, -0.25) is 9.59 Å². The van der Waals surface area contributed by atoms with Crippen molar-refractivity contribution in [1.82, 2.24) is 5.32 Å². The van der Waals surface area contributed by atoms with E-state index in [1.54, 1.807) is 0 Å². The lowest BCUT2D eigenvalue weighted by atomic mass is 10.1. The molecule has 0 aliphatic carbocycles. The summed E-state index contributed by atoms with van der Waals surface area (Å²) in [5.74, 6) is -1.69. The van der Waals surface area contributed by atoms with E-state index in [1.165, 1.54) is 18.2 Å². The van der Waals surface area contributed by atoms with Crippen LogP contribution in [-0.2, 0) is 15.8 Å². The summed E-state index contributed by atoms with van der Waals surface area (Å²) in [5.41, 5.74) is 7.96. The van der Waals surface area contributed by atoms with Crippen LogP contribution in [0.25, 0.3) is 11.0 Å². The number of carboxylic acids is 2. The second-order valence-corrected chi connectivity index (χ2v) is 5.82. The summed E-state index contributed by atoms with van der Waals surface area (Å²) in [6, 6.07) is 3.84. The molecule has 3 rings (SSSR count). The second-order valence-electron chi connectivity index (χ2n) is 5.82. The molecule has 1 aliphatic rings. The number of halogens is 3. The molecular weight excluding hydrogens is 399 g/mol. The highest BCUT2D eigenvalue weighted by molar-refractivity contribution is 5.83. The Labute approximate surface area is 162 Å². The zero-order valence-corrected chi connectivity index (χ0v) is 15.0. The lowest BCUT2D eigenvalue weighted by Crippen LogP contribution is -2.29. The Morgan fingerprint density at radius 3 is 2.28 bits per heavy atom. The lowest BCUT2D eigenvalue weighted by Gasteiger charge is -2.08. The number of rotatable bonds is 2. The average Bonchev–Trinajstić information content (AvgIpc) is 3.16. The maximum Gasteiger partial charge on any atom is 0.417 e. The molecule has 1 atom stereocenters. The number of alkyl halides is 3. The van der Waals surface area contributed by atoms with Gasteiger partial charge in [0.1, 0.15) is 11.6 Å². The van der Waals surface area contributed by atoms with Crippen LogP contribution in [0, 0.1) is 0 Å². The van der Waals surface area contributed by atoms with Crippen LogP contribution in [0.2, 0.25) is 0 Å². The van der Waals surface area contributed by atoms with Gasteiger partial charge in [-0.1, -0.05) is 0 Å². The molecule has 1 fully saturated rings. The highest BCUT2D eigenvalue weighted by Crippen LogP contribution is 2.34. The van der Waals surface area contributed by atoms with Gasteiger partial charge in [0.2, 0.25) is 0 Å². The van der Waals surface area contributed by atoms with Crippen molar-refractivity contribution in [2.45, 2.75) is 25.1 Å². The monoisotopic (exact) mass is 419 g/mol. The molecular formula is C17H20F3N3O6. The SMILES string of the molecule is NCC(=O)O.Nc1ccc2c(C(F)(F)F)cc(=O)oc2c1.O=C(O)[C@@H]1CCCN1. The molecule has 1 aliphatic heterocycles. The van der Waals surface area contributed by atoms with Gasteiger partial charge in [0.05, 0.1) is 12.1 Å². The number of nitrogen functional groups attached to an aromatic ring is 1. The van der Waals surface area contributed by atoms with E-state index in [1.807, 2.05) is 0 Å². The summed E-state index contributed by atoms with van der Waals surface area (Å²) in [5, 5.41) is 18.6. The molecule has 0 unspecified atom stereocenters. The summed E-state index contributed by atoms with van der Waals surface area (Å²) < 4.78 is 42.4. The summed E-state index contributed by atoms with van der Waals surface area (Å²) in [4.78, 5) is 30.3. The summed E-state index contributed by atoms with van der Waals surface area (Å²) in [7, 11) is 0. The van der Waals surface area contributed by atoms with Gasteiger partial charge >= 0.3 is 23.7 Å². The van der Waals surface area contributed by atoms with E-state index in [4.69, 9.17) is 15.9 Å². The van der Waals surface area contributed by atoms with E-state index in [9.17, 15) is 27.6 Å². The van der Waals surface area contributed by atoms with Crippen molar-refractivity contribution in [1.29, 1.82) is 0 Å². The Balaban J connectivity index is 0.000000269. The van der Waals surface area contributed by atoms with Crippen molar-refractivity contribution < 1.29 is 37.4 Å². The zero-order chi connectivity index (χ0) is 22.2. The standard InChI is InChI=1S/C10H6F3NO2.C5H9NO2.C2H5NO2/c11-10(12,13)7-4-9(15)16-8-3-5(14)1-2-6(7)8;7-5(8)4-2-1-3-6-4;3-1-2(4)5/h1-4H,14H2;4,6H,1-3H2,(H,7,8);1,3H2,(H,4,5)/t;4-;/m.0./s1. The van der Waals surface area contributed by atoms with Crippen molar-refractivity contribution in [3.63, 3.8) is 0 Å². The van der Waals surface area contributed by atoms with E-state index < -0.39 is 29.3 Å². The van der Waals surface area contributed by atoms with E-state index in [-0.39, 0.29) is 29.2 Å². The maximum atomic E-state index is 12.6. The fourth-order valence-corrected chi connectivity index (χ4v) is 2.31. The van der Waals surface area contributed by atoms with Crippen LogP contribution in [0.3, 0.4) is 0 Å². The van der Waals surface area contributed by atoms with E-state index in [2.05, 4.69) is 15.5 Å².